The zero-order valence-electron chi connectivity index (χ0n) is 19.5. The molecule has 0 heterocycles. The first kappa shape index (κ1) is 24.4. The Hall–Kier alpha value is -4.20. The average molecular weight is 465 g/mol. The number of amides is 2. The lowest BCUT2D eigenvalue weighted by atomic mass is 10.2. The van der Waals surface area contributed by atoms with Crippen molar-refractivity contribution in [2.24, 2.45) is 0 Å². The number of hydrogen-bond donors (Lipinski definition) is 2. The van der Waals surface area contributed by atoms with Crippen molar-refractivity contribution in [2.75, 3.05) is 24.9 Å². The SMILES string of the molecule is COc1ccccc1O[C@@H](C)C(=O)Nc1ccc(NC(=O)[C@H](C)Oc2ccccc2OC)cc1. The van der Waals surface area contributed by atoms with Crippen LogP contribution in [0.3, 0.4) is 0 Å². The van der Waals surface area contributed by atoms with Crippen LogP contribution in [0.5, 0.6) is 23.0 Å². The monoisotopic (exact) mass is 464 g/mol. The van der Waals surface area contributed by atoms with Crippen LogP contribution in [-0.4, -0.2) is 38.2 Å². The van der Waals surface area contributed by atoms with E-state index in [-0.39, 0.29) is 11.8 Å². The van der Waals surface area contributed by atoms with Gasteiger partial charge < -0.3 is 29.6 Å². The second-order valence-corrected chi connectivity index (χ2v) is 7.38. The van der Waals surface area contributed by atoms with Gasteiger partial charge in [0.1, 0.15) is 0 Å². The zero-order chi connectivity index (χ0) is 24.5. The van der Waals surface area contributed by atoms with E-state index in [0.717, 1.165) is 0 Å². The third kappa shape index (κ3) is 6.41. The number of anilines is 2. The average Bonchev–Trinajstić information content (AvgIpc) is 2.85. The van der Waals surface area contributed by atoms with Crippen molar-refractivity contribution in [3.05, 3.63) is 72.8 Å². The molecule has 0 unspecified atom stereocenters. The van der Waals surface area contributed by atoms with Crippen molar-refractivity contribution in [3.8, 4) is 23.0 Å². The summed E-state index contributed by atoms with van der Waals surface area (Å²) in [7, 11) is 3.08. The normalized spacial score (nSPS) is 12.1. The fourth-order valence-corrected chi connectivity index (χ4v) is 3.04. The molecule has 0 aliphatic rings. The fraction of sp³-hybridized carbons (Fsp3) is 0.231. The highest BCUT2D eigenvalue weighted by Crippen LogP contribution is 2.28. The Bertz CT molecular complexity index is 1030. The Balaban J connectivity index is 1.54. The van der Waals surface area contributed by atoms with Gasteiger partial charge in [-0.25, -0.2) is 0 Å². The lowest BCUT2D eigenvalue weighted by Crippen LogP contribution is -2.30. The van der Waals surface area contributed by atoms with Crippen LogP contribution in [0.1, 0.15) is 13.8 Å². The Labute approximate surface area is 198 Å². The second-order valence-electron chi connectivity index (χ2n) is 7.38. The van der Waals surface area contributed by atoms with Crippen molar-refractivity contribution in [2.45, 2.75) is 26.1 Å². The quantitative estimate of drug-likeness (QED) is 0.458. The van der Waals surface area contributed by atoms with Gasteiger partial charge >= 0.3 is 0 Å². The molecule has 2 N–H and O–H groups in total. The Morgan fingerprint density at radius 2 is 0.912 bits per heavy atom. The molecule has 34 heavy (non-hydrogen) atoms. The van der Waals surface area contributed by atoms with Gasteiger partial charge in [-0.05, 0) is 62.4 Å². The molecule has 2 atom stereocenters. The van der Waals surface area contributed by atoms with Crippen LogP contribution >= 0.6 is 0 Å². The van der Waals surface area contributed by atoms with Gasteiger partial charge in [-0.1, -0.05) is 24.3 Å². The van der Waals surface area contributed by atoms with E-state index in [1.54, 1.807) is 88.7 Å². The predicted molar refractivity (Wildman–Crippen MR) is 130 cm³/mol. The van der Waals surface area contributed by atoms with E-state index in [1.807, 2.05) is 12.1 Å². The molecule has 0 bridgehead atoms. The number of carbonyl (C=O) groups is 2. The number of methoxy groups -OCH3 is 2. The minimum absolute atomic E-state index is 0.318. The third-order valence-corrected chi connectivity index (χ3v) is 4.90. The van der Waals surface area contributed by atoms with Gasteiger partial charge in [0.25, 0.3) is 11.8 Å². The summed E-state index contributed by atoms with van der Waals surface area (Å²) in [4.78, 5) is 25.0. The Kier molecular flexibility index (Phi) is 8.34. The maximum absolute atomic E-state index is 12.5. The number of nitrogens with one attached hydrogen (secondary N) is 2. The van der Waals surface area contributed by atoms with Crippen molar-refractivity contribution in [1.29, 1.82) is 0 Å². The van der Waals surface area contributed by atoms with Gasteiger partial charge in [-0.15, -0.1) is 0 Å². The van der Waals surface area contributed by atoms with Crippen LogP contribution in [0.4, 0.5) is 11.4 Å². The lowest BCUT2D eigenvalue weighted by Gasteiger charge is -2.17. The molecule has 0 aliphatic carbocycles. The summed E-state index contributed by atoms with van der Waals surface area (Å²) in [5.41, 5.74) is 1.13. The molecule has 8 nitrogen and oxygen atoms in total. The van der Waals surface area contributed by atoms with Crippen LogP contribution in [0.25, 0.3) is 0 Å². The van der Waals surface area contributed by atoms with E-state index >= 15 is 0 Å². The number of para-hydroxylation sites is 4. The first-order valence-corrected chi connectivity index (χ1v) is 10.7. The maximum Gasteiger partial charge on any atom is 0.265 e. The van der Waals surface area contributed by atoms with Gasteiger partial charge in [0.05, 0.1) is 14.2 Å². The molecule has 3 aromatic rings. The molecule has 8 heteroatoms. The van der Waals surface area contributed by atoms with Crippen molar-refractivity contribution in [3.63, 3.8) is 0 Å². The molecular weight excluding hydrogens is 436 g/mol. The molecular formula is C26H28N2O6. The first-order valence-electron chi connectivity index (χ1n) is 10.7. The van der Waals surface area contributed by atoms with Crippen LogP contribution in [0.15, 0.2) is 72.8 Å². The number of ether oxygens (including phenoxy) is 4. The number of rotatable bonds is 10. The minimum atomic E-state index is -0.747. The van der Waals surface area contributed by atoms with Crippen molar-refractivity contribution < 1.29 is 28.5 Å². The van der Waals surface area contributed by atoms with Gasteiger partial charge in [-0.3, -0.25) is 9.59 Å². The molecule has 2 amide bonds. The largest absolute Gasteiger partial charge is 0.493 e. The fourth-order valence-electron chi connectivity index (χ4n) is 3.04. The number of carbonyl (C=O) groups excluding carboxylic acids is 2. The smallest absolute Gasteiger partial charge is 0.265 e. The number of benzene rings is 3. The standard InChI is InChI=1S/C26H28N2O6/c1-17(33-23-11-7-5-9-21(23)31-3)25(29)27-19-13-15-20(16-14-19)28-26(30)18(2)34-24-12-8-6-10-22(24)32-4/h5-18H,1-4H3,(H,27,29)(H,28,30)/t17-,18-/m0/s1. The van der Waals surface area contributed by atoms with E-state index in [2.05, 4.69) is 10.6 Å². The van der Waals surface area contributed by atoms with Gasteiger partial charge in [0, 0.05) is 11.4 Å². The minimum Gasteiger partial charge on any atom is -0.493 e. The molecule has 178 valence electrons. The Morgan fingerprint density at radius 1 is 0.588 bits per heavy atom. The molecule has 0 aliphatic heterocycles. The summed E-state index contributed by atoms with van der Waals surface area (Å²) in [6.45, 7) is 3.30. The lowest BCUT2D eigenvalue weighted by molar-refractivity contribution is -0.122. The van der Waals surface area contributed by atoms with Gasteiger partial charge in [0.2, 0.25) is 0 Å². The highest BCUT2D eigenvalue weighted by atomic mass is 16.5. The highest BCUT2D eigenvalue weighted by Gasteiger charge is 2.18. The van der Waals surface area contributed by atoms with Gasteiger partial charge in [0.15, 0.2) is 35.2 Å². The molecule has 0 saturated heterocycles. The highest BCUT2D eigenvalue weighted by molar-refractivity contribution is 5.96. The van der Waals surface area contributed by atoms with Crippen molar-refractivity contribution >= 4 is 23.2 Å². The molecule has 3 rings (SSSR count). The molecule has 0 fully saturated rings. The zero-order valence-corrected chi connectivity index (χ0v) is 19.5. The van der Waals surface area contributed by atoms with E-state index in [1.165, 1.54) is 0 Å². The summed E-state index contributed by atoms with van der Waals surface area (Å²) in [6.07, 6.45) is -1.49. The summed E-state index contributed by atoms with van der Waals surface area (Å²) in [6, 6.07) is 21.0. The van der Waals surface area contributed by atoms with Crippen LogP contribution in [0.2, 0.25) is 0 Å². The van der Waals surface area contributed by atoms with Gasteiger partial charge in [-0.2, -0.15) is 0 Å². The van der Waals surface area contributed by atoms with Crippen LogP contribution in [0, 0.1) is 0 Å². The van der Waals surface area contributed by atoms with E-state index in [4.69, 9.17) is 18.9 Å². The summed E-state index contributed by atoms with van der Waals surface area (Å²) in [5, 5.41) is 5.58. The van der Waals surface area contributed by atoms with E-state index in [9.17, 15) is 9.59 Å². The summed E-state index contributed by atoms with van der Waals surface area (Å²) in [5.74, 6) is 1.42. The summed E-state index contributed by atoms with van der Waals surface area (Å²) >= 11 is 0. The molecule has 0 spiro atoms. The van der Waals surface area contributed by atoms with Crippen molar-refractivity contribution in [1.82, 2.24) is 0 Å². The van der Waals surface area contributed by atoms with E-state index in [0.29, 0.717) is 34.4 Å². The Morgan fingerprint density at radius 3 is 1.24 bits per heavy atom. The molecule has 0 aromatic heterocycles. The maximum atomic E-state index is 12.5. The molecule has 3 aromatic carbocycles. The number of hydrogen-bond acceptors (Lipinski definition) is 6. The third-order valence-electron chi connectivity index (χ3n) is 4.90. The van der Waals surface area contributed by atoms with Crippen LogP contribution < -0.4 is 29.6 Å². The van der Waals surface area contributed by atoms with E-state index < -0.39 is 12.2 Å². The second kappa shape index (κ2) is 11.6. The molecule has 0 saturated carbocycles. The molecule has 0 radical (unpaired) electrons. The topological polar surface area (TPSA) is 95.1 Å². The summed E-state index contributed by atoms with van der Waals surface area (Å²) < 4.78 is 21.9. The van der Waals surface area contributed by atoms with Crippen LogP contribution in [-0.2, 0) is 9.59 Å². The first-order chi connectivity index (χ1) is 16.4. The predicted octanol–water partition coefficient (Wildman–Crippen LogP) is 4.52.